The van der Waals surface area contributed by atoms with Gasteiger partial charge in [0, 0.05) is 75.6 Å². The molecule has 1 amide bonds. The molecule has 1 aliphatic rings. The van der Waals surface area contributed by atoms with Gasteiger partial charge in [0.15, 0.2) is 0 Å². The summed E-state index contributed by atoms with van der Waals surface area (Å²) in [6, 6.07) is 18.1. The summed E-state index contributed by atoms with van der Waals surface area (Å²) in [5.74, 6) is 0.0829. The topological polar surface area (TPSA) is 53.4 Å². The number of hydrogen-bond acceptors (Lipinski definition) is 4. The SMILES string of the molecule is O=C(CCn1cnc(-c2ccccc2)c1)NCCN1CCN(Cc2cccc(Cl)c2)CC1. The Bertz CT molecular complexity index is 998. The zero-order valence-corrected chi connectivity index (χ0v) is 19.0. The molecule has 1 aromatic heterocycles. The Hall–Kier alpha value is -2.67. The second kappa shape index (κ2) is 11.3. The number of carbonyl (C=O) groups is 1. The Morgan fingerprint density at radius 3 is 2.53 bits per heavy atom. The molecule has 0 saturated carbocycles. The van der Waals surface area contributed by atoms with Crippen molar-refractivity contribution in [2.75, 3.05) is 39.3 Å². The quantitative estimate of drug-likeness (QED) is 0.540. The van der Waals surface area contributed by atoms with Gasteiger partial charge in [-0.1, -0.05) is 54.1 Å². The van der Waals surface area contributed by atoms with E-state index < -0.39 is 0 Å². The molecule has 0 atom stereocenters. The van der Waals surface area contributed by atoms with Crippen LogP contribution in [0.1, 0.15) is 12.0 Å². The lowest BCUT2D eigenvalue weighted by Crippen LogP contribution is -2.48. The Kier molecular flexibility index (Phi) is 7.93. The lowest BCUT2D eigenvalue weighted by atomic mass is 10.2. The third-order valence-electron chi connectivity index (χ3n) is 5.81. The van der Waals surface area contributed by atoms with E-state index in [4.69, 9.17) is 11.6 Å². The summed E-state index contributed by atoms with van der Waals surface area (Å²) in [7, 11) is 0. The van der Waals surface area contributed by atoms with E-state index in [2.05, 4.69) is 26.2 Å². The van der Waals surface area contributed by atoms with E-state index in [0.717, 1.165) is 55.5 Å². The van der Waals surface area contributed by atoms with E-state index in [-0.39, 0.29) is 5.91 Å². The van der Waals surface area contributed by atoms with E-state index in [9.17, 15) is 4.79 Å². The van der Waals surface area contributed by atoms with Gasteiger partial charge in [-0.15, -0.1) is 0 Å². The average molecular weight is 452 g/mol. The number of amides is 1. The van der Waals surface area contributed by atoms with E-state index in [1.165, 1.54) is 5.56 Å². The van der Waals surface area contributed by atoms with Crippen molar-refractivity contribution in [3.05, 3.63) is 77.7 Å². The number of rotatable bonds is 9. The molecule has 1 aliphatic heterocycles. The zero-order valence-electron chi connectivity index (χ0n) is 18.3. The monoisotopic (exact) mass is 451 g/mol. The van der Waals surface area contributed by atoms with Gasteiger partial charge in [0.1, 0.15) is 0 Å². The second-order valence-corrected chi connectivity index (χ2v) is 8.65. The second-order valence-electron chi connectivity index (χ2n) is 8.21. The first-order valence-electron chi connectivity index (χ1n) is 11.2. The molecular formula is C25H30ClN5O. The normalized spacial score (nSPS) is 15.0. The lowest BCUT2D eigenvalue weighted by Gasteiger charge is -2.34. The third-order valence-corrected chi connectivity index (χ3v) is 6.05. The number of aryl methyl sites for hydroxylation is 1. The number of carbonyl (C=O) groups excluding carboxylic acids is 1. The van der Waals surface area contributed by atoms with Crippen LogP contribution in [0.3, 0.4) is 0 Å². The van der Waals surface area contributed by atoms with Crippen molar-refractivity contribution in [3.8, 4) is 11.3 Å². The van der Waals surface area contributed by atoms with Gasteiger partial charge in [-0.25, -0.2) is 4.98 Å². The highest BCUT2D eigenvalue weighted by molar-refractivity contribution is 6.30. The predicted molar refractivity (Wildman–Crippen MR) is 128 cm³/mol. The van der Waals surface area contributed by atoms with Crippen molar-refractivity contribution in [1.82, 2.24) is 24.7 Å². The van der Waals surface area contributed by atoms with Crippen LogP contribution in [0.25, 0.3) is 11.3 Å². The van der Waals surface area contributed by atoms with Crippen molar-refractivity contribution in [1.29, 1.82) is 0 Å². The van der Waals surface area contributed by atoms with Gasteiger partial charge >= 0.3 is 0 Å². The van der Waals surface area contributed by atoms with E-state index in [1.54, 1.807) is 6.33 Å². The summed E-state index contributed by atoms with van der Waals surface area (Å²) < 4.78 is 1.97. The van der Waals surface area contributed by atoms with Gasteiger partial charge in [-0.05, 0) is 17.7 Å². The largest absolute Gasteiger partial charge is 0.355 e. The van der Waals surface area contributed by atoms with Crippen LogP contribution in [-0.2, 0) is 17.9 Å². The van der Waals surface area contributed by atoms with Crippen molar-refractivity contribution >= 4 is 17.5 Å². The molecule has 1 saturated heterocycles. The smallest absolute Gasteiger partial charge is 0.221 e. The van der Waals surface area contributed by atoms with E-state index in [0.29, 0.717) is 19.5 Å². The Labute approximate surface area is 194 Å². The third kappa shape index (κ3) is 6.66. The summed E-state index contributed by atoms with van der Waals surface area (Å²) >= 11 is 6.09. The van der Waals surface area contributed by atoms with Crippen molar-refractivity contribution in [2.45, 2.75) is 19.5 Å². The van der Waals surface area contributed by atoms with Crippen LogP contribution < -0.4 is 5.32 Å². The number of benzene rings is 2. The van der Waals surface area contributed by atoms with Gasteiger partial charge < -0.3 is 9.88 Å². The fourth-order valence-electron chi connectivity index (χ4n) is 3.98. The summed E-state index contributed by atoms with van der Waals surface area (Å²) in [6.07, 6.45) is 4.24. The highest BCUT2D eigenvalue weighted by atomic mass is 35.5. The molecule has 168 valence electrons. The minimum Gasteiger partial charge on any atom is -0.355 e. The first-order chi connectivity index (χ1) is 15.7. The molecule has 7 heteroatoms. The fraction of sp³-hybridized carbons (Fsp3) is 0.360. The molecule has 0 aliphatic carbocycles. The van der Waals surface area contributed by atoms with Crippen LogP contribution in [0.2, 0.25) is 5.02 Å². The molecule has 0 bridgehead atoms. The molecule has 0 spiro atoms. The summed E-state index contributed by atoms with van der Waals surface area (Å²) in [6.45, 7) is 7.25. The van der Waals surface area contributed by atoms with Gasteiger partial charge in [-0.2, -0.15) is 0 Å². The first-order valence-corrected chi connectivity index (χ1v) is 11.6. The van der Waals surface area contributed by atoms with Gasteiger partial charge in [0.05, 0.1) is 12.0 Å². The molecule has 1 fully saturated rings. The number of imidazole rings is 1. The molecule has 3 aromatic rings. The van der Waals surface area contributed by atoms with Crippen molar-refractivity contribution in [3.63, 3.8) is 0 Å². The Balaban J connectivity index is 1.11. The van der Waals surface area contributed by atoms with Crippen LogP contribution >= 0.6 is 11.6 Å². The molecule has 0 radical (unpaired) electrons. The number of piperazine rings is 1. The molecule has 0 unspecified atom stereocenters. The van der Waals surface area contributed by atoms with Crippen LogP contribution in [0.5, 0.6) is 0 Å². The minimum atomic E-state index is 0.0829. The number of nitrogens with zero attached hydrogens (tertiary/aromatic N) is 4. The highest BCUT2D eigenvalue weighted by Gasteiger charge is 2.17. The molecule has 32 heavy (non-hydrogen) atoms. The van der Waals surface area contributed by atoms with E-state index in [1.807, 2.05) is 59.3 Å². The maximum absolute atomic E-state index is 12.2. The molecule has 4 rings (SSSR count). The van der Waals surface area contributed by atoms with Crippen molar-refractivity contribution < 1.29 is 4.79 Å². The first kappa shape index (κ1) is 22.5. The zero-order chi connectivity index (χ0) is 22.2. The van der Waals surface area contributed by atoms with Crippen molar-refractivity contribution in [2.24, 2.45) is 0 Å². The van der Waals surface area contributed by atoms with Gasteiger partial charge in [0.25, 0.3) is 0 Å². The molecule has 2 aromatic carbocycles. The summed E-state index contributed by atoms with van der Waals surface area (Å²) in [5, 5.41) is 3.85. The van der Waals surface area contributed by atoms with Crippen LogP contribution in [-0.4, -0.2) is 64.5 Å². The molecular weight excluding hydrogens is 422 g/mol. The number of halogens is 1. The van der Waals surface area contributed by atoms with Crippen LogP contribution in [0, 0.1) is 0 Å². The van der Waals surface area contributed by atoms with Crippen LogP contribution in [0.4, 0.5) is 0 Å². The molecule has 1 N–H and O–H groups in total. The highest BCUT2D eigenvalue weighted by Crippen LogP contribution is 2.16. The average Bonchev–Trinajstić information content (AvgIpc) is 3.29. The number of aromatic nitrogens is 2. The number of nitrogens with one attached hydrogen (secondary N) is 1. The Morgan fingerprint density at radius 1 is 0.969 bits per heavy atom. The molecule has 2 heterocycles. The van der Waals surface area contributed by atoms with E-state index >= 15 is 0 Å². The lowest BCUT2D eigenvalue weighted by molar-refractivity contribution is -0.121. The maximum atomic E-state index is 12.2. The summed E-state index contributed by atoms with van der Waals surface area (Å²) in [5.41, 5.74) is 3.27. The number of hydrogen-bond donors (Lipinski definition) is 1. The standard InChI is InChI=1S/C25H30ClN5O/c26-23-8-4-5-21(17-23)18-30-15-13-29(14-16-30)12-10-27-25(32)9-11-31-19-24(28-20-31)22-6-2-1-3-7-22/h1-8,17,19-20H,9-16,18H2,(H,27,32). The minimum absolute atomic E-state index is 0.0829. The fourth-order valence-corrected chi connectivity index (χ4v) is 4.19. The van der Waals surface area contributed by atoms with Crippen LogP contribution in [0.15, 0.2) is 67.1 Å². The molecule has 6 nitrogen and oxygen atoms in total. The van der Waals surface area contributed by atoms with Gasteiger partial charge in [-0.3, -0.25) is 14.6 Å². The summed E-state index contributed by atoms with van der Waals surface area (Å²) in [4.78, 5) is 21.5. The maximum Gasteiger partial charge on any atom is 0.221 e. The van der Waals surface area contributed by atoms with Gasteiger partial charge in [0.2, 0.25) is 5.91 Å². The Morgan fingerprint density at radius 2 is 1.75 bits per heavy atom. The predicted octanol–water partition coefficient (Wildman–Crippen LogP) is 3.53.